The molecule has 0 bridgehead atoms. The van der Waals surface area contributed by atoms with Crippen LogP contribution in [0.1, 0.15) is 30.7 Å². The summed E-state index contributed by atoms with van der Waals surface area (Å²) in [5, 5.41) is 12.0. The van der Waals surface area contributed by atoms with Gasteiger partial charge < -0.3 is 19.1 Å². The van der Waals surface area contributed by atoms with Crippen molar-refractivity contribution in [2.24, 2.45) is 0 Å². The van der Waals surface area contributed by atoms with Crippen LogP contribution in [-0.4, -0.2) is 61.6 Å². The second-order valence-corrected chi connectivity index (χ2v) is 7.66. The molecule has 1 aliphatic carbocycles. The van der Waals surface area contributed by atoms with Crippen LogP contribution in [0.25, 0.3) is 0 Å². The average molecular weight is 428 g/mol. The number of rotatable bonds is 4. The first-order valence-electron chi connectivity index (χ1n) is 9.90. The number of hydrogen-bond acceptors (Lipinski definition) is 6. The lowest BCUT2D eigenvalue weighted by Crippen LogP contribution is -2.54. The second kappa shape index (κ2) is 7.98. The van der Waals surface area contributed by atoms with Crippen molar-refractivity contribution in [1.29, 1.82) is 0 Å². The third-order valence-electron chi connectivity index (χ3n) is 6.02. The van der Waals surface area contributed by atoms with Gasteiger partial charge >= 0.3 is 6.18 Å². The van der Waals surface area contributed by atoms with Gasteiger partial charge in [0, 0.05) is 29.3 Å². The van der Waals surface area contributed by atoms with E-state index in [4.69, 9.17) is 14.2 Å². The van der Waals surface area contributed by atoms with Crippen LogP contribution in [0.15, 0.2) is 29.5 Å². The number of halogens is 3. The molecular formula is C20H23F3N2O5. The largest absolute Gasteiger partial charge is 0.497 e. The fourth-order valence-electron chi connectivity index (χ4n) is 4.74. The number of alkyl halides is 3. The van der Waals surface area contributed by atoms with Crippen LogP contribution in [0.4, 0.5) is 13.2 Å². The van der Waals surface area contributed by atoms with Gasteiger partial charge in [-0.05, 0) is 43.0 Å². The van der Waals surface area contributed by atoms with Crippen molar-refractivity contribution in [2.45, 2.75) is 43.5 Å². The smallest absolute Gasteiger partial charge is 0.432 e. The van der Waals surface area contributed by atoms with E-state index in [-0.39, 0.29) is 5.75 Å². The Labute approximate surface area is 171 Å². The van der Waals surface area contributed by atoms with Crippen molar-refractivity contribution in [2.75, 3.05) is 33.4 Å². The summed E-state index contributed by atoms with van der Waals surface area (Å²) in [6, 6.07) is 2.50. The van der Waals surface area contributed by atoms with E-state index in [9.17, 15) is 23.3 Å². The summed E-state index contributed by atoms with van der Waals surface area (Å²) < 4.78 is 57.2. The molecule has 0 radical (unpaired) electrons. The van der Waals surface area contributed by atoms with Gasteiger partial charge in [0.25, 0.3) is 12.1 Å². The molecular weight excluding hydrogens is 405 g/mol. The first kappa shape index (κ1) is 20.8. The molecule has 1 aromatic rings. The van der Waals surface area contributed by atoms with Gasteiger partial charge in [-0.1, -0.05) is 0 Å². The minimum Gasteiger partial charge on any atom is -0.497 e. The Morgan fingerprint density at radius 3 is 2.60 bits per heavy atom. The van der Waals surface area contributed by atoms with Crippen molar-refractivity contribution in [3.63, 3.8) is 0 Å². The first-order chi connectivity index (χ1) is 14.3. The summed E-state index contributed by atoms with van der Waals surface area (Å²) in [6.45, 7) is 2.30. The van der Waals surface area contributed by atoms with Crippen molar-refractivity contribution in [1.82, 2.24) is 4.90 Å². The molecule has 0 amide bonds. The predicted molar refractivity (Wildman–Crippen MR) is 100 cm³/mol. The molecule has 2 heterocycles. The highest BCUT2D eigenvalue weighted by Gasteiger charge is 2.60. The van der Waals surface area contributed by atoms with Crippen LogP contribution in [0.2, 0.25) is 0 Å². The molecule has 164 valence electrons. The summed E-state index contributed by atoms with van der Waals surface area (Å²) in [6.07, 6.45) is -5.43. The summed E-state index contributed by atoms with van der Waals surface area (Å²) in [5.74, 6) is -0.603. The Kier molecular flexibility index (Phi) is 5.52. The molecule has 3 atom stereocenters. The lowest BCUT2D eigenvalue weighted by atomic mass is 9.79. The molecule has 1 aromatic carbocycles. The zero-order valence-corrected chi connectivity index (χ0v) is 16.5. The number of allylic oxidation sites excluding steroid dienone is 1. The summed E-state index contributed by atoms with van der Waals surface area (Å²) >= 11 is 0. The zero-order chi connectivity index (χ0) is 21.5. The number of ether oxygens (including phenoxy) is 3. The maximum atomic E-state index is 13.8. The van der Waals surface area contributed by atoms with E-state index in [0.717, 1.165) is 12.1 Å². The Hall–Kier alpha value is -2.49. The van der Waals surface area contributed by atoms with Crippen LogP contribution < -0.4 is 9.47 Å². The fourth-order valence-corrected chi connectivity index (χ4v) is 4.74. The number of methoxy groups -OCH3 is 1. The third-order valence-corrected chi connectivity index (χ3v) is 6.02. The number of hydrogen-bond donors (Lipinski definition) is 0. The number of benzene rings is 1. The molecule has 0 spiro atoms. The van der Waals surface area contributed by atoms with E-state index in [1.807, 2.05) is 0 Å². The second-order valence-electron chi connectivity index (χ2n) is 7.66. The number of fused-ring (bicyclic) bond motifs is 1. The van der Waals surface area contributed by atoms with Gasteiger partial charge in [0.1, 0.15) is 11.5 Å². The molecule has 7 nitrogen and oxygen atoms in total. The lowest BCUT2D eigenvalue weighted by Gasteiger charge is -2.38. The Balaban J connectivity index is 1.88. The third kappa shape index (κ3) is 3.68. The molecule has 30 heavy (non-hydrogen) atoms. The SMILES string of the molecule is COc1ccc2c(c1)[C@@H](C1=C(N3CCOCC3)CCC1)[C@H]([N+](=O)[O-])[C@@H](C(F)(F)F)O2. The topological polar surface area (TPSA) is 74.1 Å². The fraction of sp³-hybridized carbons (Fsp3) is 0.600. The van der Waals surface area contributed by atoms with Crippen LogP contribution in [0.3, 0.4) is 0 Å². The van der Waals surface area contributed by atoms with Crippen LogP contribution >= 0.6 is 0 Å². The van der Waals surface area contributed by atoms with Gasteiger partial charge in [-0.3, -0.25) is 10.1 Å². The predicted octanol–water partition coefficient (Wildman–Crippen LogP) is 3.52. The van der Waals surface area contributed by atoms with Crippen molar-refractivity contribution < 1.29 is 32.3 Å². The van der Waals surface area contributed by atoms with Crippen molar-refractivity contribution >= 4 is 0 Å². The molecule has 4 rings (SSSR count). The number of nitrogens with zero attached hydrogens (tertiary/aromatic N) is 2. The Morgan fingerprint density at radius 2 is 1.97 bits per heavy atom. The van der Waals surface area contributed by atoms with Gasteiger partial charge in [-0.2, -0.15) is 13.2 Å². The maximum absolute atomic E-state index is 13.8. The van der Waals surface area contributed by atoms with E-state index in [1.165, 1.54) is 19.2 Å². The number of morpholine rings is 1. The minimum absolute atomic E-state index is 0.0157. The van der Waals surface area contributed by atoms with E-state index < -0.39 is 29.2 Å². The molecule has 2 aliphatic heterocycles. The molecule has 10 heteroatoms. The van der Waals surface area contributed by atoms with Gasteiger partial charge in [-0.15, -0.1) is 0 Å². The molecule has 0 N–H and O–H groups in total. The van der Waals surface area contributed by atoms with E-state index in [0.29, 0.717) is 56.0 Å². The summed E-state index contributed by atoms with van der Waals surface area (Å²) in [4.78, 5) is 13.2. The summed E-state index contributed by atoms with van der Waals surface area (Å²) in [7, 11) is 1.44. The molecule has 1 fully saturated rings. The maximum Gasteiger partial charge on any atom is 0.432 e. The zero-order valence-electron chi connectivity index (χ0n) is 16.5. The van der Waals surface area contributed by atoms with Crippen LogP contribution in [0.5, 0.6) is 11.5 Å². The summed E-state index contributed by atoms with van der Waals surface area (Å²) in [5.41, 5.74) is 1.98. The highest BCUT2D eigenvalue weighted by molar-refractivity contribution is 5.50. The van der Waals surface area contributed by atoms with Crippen LogP contribution in [-0.2, 0) is 4.74 Å². The highest BCUT2D eigenvalue weighted by atomic mass is 19.4. The highest BCUT2D eigenvalue weighted by Crippen LogP contribution is 2.50. The molecule has 0 aromatic heterocycles. The molecule has 0 unspecified atom stereocenters. The number of nitro groups is 1. The first-order valence-corrected chi connectivity index (χ1v) is 9.90. The quantitative estimate of drug-likeness (QED) is 0.540. The van der Waals surface area contributed by atoms with Gasteiger partial charge in [-0.25, -0.2) is 0 Å². The van der Waals surface area contributed by atoms with Gasteiger partial charge in [0.05, 0.1) is 26.2 Å². The van der Waals surface area contributed by atoms with Gasteiger partial charge in [0.2, 0.25) is 0 Å². The van der Waals surface area contributed by atoms with Gasteiger partial charge in [0.15, 0.2) is 0 Å². The van der Waals surface area contributed by atoms with E-state index >= 15 is 0 Å². The average Bonchev–Trinajstić information content (AvgIpc) is 3.21. The van der Waals surface area contributed by atoms with Crippen LogP contribution in [0, 0.1) is 10.1 Å². The molecule has 1 saturated heterocycles. The van der Waals surface area contributed by atoms with E-state index in [1.54, 1.807) is 6.07 Å². The molecule has 3 aliphatic rings. The lowest BCUT2D eigenvalue weighted by molar-refractivity contribution is -0.547. The Bertz CT molecular complexity index is 851. The standard InChI is InChI=1S/C20H23F3N2O5/c1-28-12-5-6-16-14(11-12)17(18(25(26)27)19(30-16)20(21,22)23)13-3-2-4-15(13)24-7-9-29-10-8-24/h5-6,11,17-19H,2-4,7-10H2,1H3/t17-,18+,19+/m1/s1. The molecule has 0 saturated carbocycles. The Morgan fingerprint density at radius 1 is 1.23 bits per heavy atom. The minimum atomic E-state index is -4.87. The normalized spacial score (nSPS) is 26.9. The van der Waals surface area contributed by atoms with E-state index in [2.05, 4.69) is 4.90 Å². The van der Waals surface area contributed by atoms with Crippen molar-refractivity contribution in [3.8, 4) is 11.5 Å². The monoisotopic (exact) mass is 428 g/mol. The van der Waals surface area contributed by atoms with Crippen molar-refractivity contribution in [3.05, 3.63) is 45.1 Å².